The van der Waals surface area contributed by atoms with Gasteiger partial charge in [0.25, 0.3) is 5.91 Å². The third-order valence-electron chi connectivity index (χ3n) is 6.39. The zero-order valence-corrected chi connectivity index (χ0v) is 20.1. The Kier molecular flexibility index (Phi) is 6.42. The van der Waals surface area contributed by atoms with Crippen molar-refractivity contribution < 1.29 is 14.3 Å². The molecule has 35 heavy (non-hydrogen) atoms. The lowest BCUT2D eigenvalue weighted by Gasteiger charge is -2.33. The van der Waals surface area contributed by atoms with Crippen LogP contribution in [0.15, 0.2) is 79.0 Å². The summed E-state index contributed by atoms with van der Waals surface area (Å²) in [6, 6.07) is 22.7. The van der Waals surface area contributed by atoms with E-state index in [-0.39, 0.29) is 17.9 Å². The first-order valence-electron chi connectivity index (χ1n) is 11.5. The normalized spacial score (nSPS) is 14.2. The molecule has 0 radical (unpaired) electrons. The van der Waals surface area contributed by atoms with Crippen molar-refractivity contribution in [3.63, 3.8) is 0 Å². The molecule has 2 aromatic carbocycles. The molecule has 7 nitrogen and oxygen atoms in total. The van der Waals surface area contributed by atoms with Crippen LogP contribution in [0.1, 0.15) is 39.9 Å². The second-order valence-electron chi connectivity index (χ2n) is 8.48. The smallest absolute Gasteiger partial charge is 0.354 e. The SMILES string of the molecule is COC(=O)c1cccn1C1CCN(C(=O)c2cc(-c3ccc(Cl)cc3)nn2-c2ccccc2)CC1. The van der Waals surface area contributed by atoms with Crippen molar-refractivity contribution in [3.8, 4) is 16.9 Å². The van der Waals surface area contributed by atoms with Crippen LogP contribution < -0.4 is 0 Å². The first kappa shape index (κ1) is 22.9. The predicted octanol–water partition coefficient (Wildman–Crippen LogP) is 5.26. The summed E-state index contributed by atoms with van der Waals surface area (Å²) in [4.78, 5) is 27.6. The highest BCUT2D eigenvalue weighted by Crippen LogP contribution is 2.28. The summed E-state index contributed by atoms with van der Waals surface area (Å²) in [5.74, 6) is -0.421. The number of para-hydroxylation sites is 1. The summed E-state index contributed by atoms with van der Waals surface area (Å²) in [6.45, 7) is 1.16. The molecular weight excluding hydrogens is 464 g/mol. The summed E-state index contributed by atoms with van der Waals surface area (Å²) < 4.78 is 8.57. The highest BCUT2D eigenvalue weighted by molar-refractivity contribution is 6.30. The Morgan fingerprint density at radius 3 is 2.34 bits per heavy atom. The average molecular weight is 489 g/mol. The number of benzene rings is 2. The number of hydrogen-bond donors (Lipinski definition) is 0. The largest absolute Gasteiger partial charge is 0.464 e. The molecule has 0 bridgehead atoms. The number of rotatable bonds is 5. The number of nitrogens with zero attached hydrogens (tertiary/aromatic N) is 4. The van der Waals surface area contributed by atoms with Crippen LogP contribution in [0.25, 0.3) is 16.9 Å². The molecule has 1 fully saturated rings. The van der Waals surface area contributed by atoms with Gasteiger partial charge in [0, 0.05) is 35.9 Å². The Hall–Kier alpha value is -3.84. The Labute approximate surface area is 208 Å². The molecule has 8 heteroatoms. The Morgan fingerprint density at radius 1 is 0.943 bits per heavy atom. The number of hydrogen-bond acceptors (Lipinski definition) is 4. The molecular formula is C27H25ClN4O3. The van der Waals surface area contributed by atoms with Gasteiger partial charge in [-0.25, -0.2) is 9.48 Å². The van der Waals surface area contributed by atoms with E-state index in [4.69, 9.17) is 21.4 Å². The third-order valence-corrected chi connectivity index (χ3v) is 6.64. The van der Waals surface area contributed by atoms with Crippen LogP contribution in [0.5, 0.6) is 0 Å². The summed E-state index contributed by atoms with van der Waals surface area (Å²) in [5, 5.41) is 5.41. The standard InChI is InChI=1S/C27H25ClN4O3/c1-35-27(34)24-8-5-15-31(24)21-13-16-30(17-14-21)26(33)25-18-23(19-9-11-20(28)12-10-19)29-32(25)22-6-3-2-4-7-22/h2-12,15,18,21H,13-14,16-17H2,1H3. The maximum absolute atomic E-state index is 13.7. The number of esters is 1. The van der Waals surface area contributed by atoms with Crippen molar-refractivity contribution in [3.05, 3.63) is 95.4 Å². The van der Waals surface area contributed by atoms with E-state index in [0.29, 0.717) is 35.2 Å². The predicted molar refractivity (Wildman–Crippen MR) is 134 cm³/mol. The maximum atomic E-state index is 13.7. The molecule has 1 amide bonds. The van der Waals surface area contributed by atoms with Crippen LogP contribution in [0.2, 0.25) is 5.02 Å². The number of methoxy groups -OCH3 is 1. The lowest BCUT2D eigenvalue weighted by molar-refractivity contribution is 0.0572. The van der Waals surface area contributed by atoms with Gasteiger partial charge < -0.3 is 14.2 Å². The number of piperidine rings is 1. The quantitative estimate of drug-likeness (QED) is 0.359. The fraction of sp³-hybridized carbons (Fsp3) is 0.222. The van der Waals surface area contributed by atoms with E-state index < -0.39 is 0 Å². The number of amides is 1. The highest BCUT2D eigenvalue weighted by Gasteiger charge is 2.29. The van der Waals surface area contributed by atoms with Gasteiger partial charge in [0.05, 0.1) is 18.5 Å². The second kappa shape index (κ2) is 9.80. The van der Waals surface area contributed by atoms with Gasteiger partial charge in [-0.2, -0.15) is 5.10 Å². The van der Waals surface area contributed by atoms with Crippen LogP contribution in [0.4, 0.5) is 0 Å². The lowest BCUT2D eigenvalue weighted by atomic mass is 10.0. The Morgan fingerprint density at radius 2 is 1.66 bits per heavy atom. The van der Waals surface area contributed by atoms with E-state index >= 15 is 0 Å². The van der Waals surface area contributed by atoms with Crippen molar-refractivity contribution in [2.24, 2.45) is 0 Å². The van der Waals surface area contributed by atoms with Gasteiger partial charge in [0.1, 0.15) is 11.4 Å². The molecule has 1 saturated heterocycles. The minimum atomic E-state index is -0.352. The van der Waals surface area contributed by atoms with Crippen LogP contribution in [-0.4, -0.2) is 51.3 Å². The van der Waals surface area contributed by atoms with E-state index in [1.807, 2.05) is 82.4 Å². The van der Waals surface area contributed by atoms with Gasteiger partial charge in [0.15, 0.2) is 0 Å². The molecule has 4 aromatic rings. The number of carbonyl (C=O) groups excluding carboxylic acids is 2. The van der Waals surface area contributed by atoms with Crippen LogP contribution >= 0.6 is 11.6 Å². The van der Waals surface area contributed by atoms with Gasteiger partial charge >= 0.3 is 5.97 Å². The molecule has 1 aliphatic heterocycles. The number of halogens is 1. The summed E-state index contributed by atoms with van der Waals surface area (Å²) in [6.07, 6.45) is 3.39. The number of aromatic nitrogens is 3. The van der Waals surface area contributed by atoms with Gasteiger partial charge in [-0.05, 0) is 55.3 Å². The molecule has 0 spiro atoms. The fourth-order valence-corrected chi connectivity index (χ4v) is 4.69. The molecule has 0 aliphatic carbocycles. The molecule has 0 atom stereocenters. The van der Waals surface area contributed by atoms with Crippen LogP contribution in [-0.2, 0) is 4.74 Å². The van der Waals surface area contributed by atoms with Gasteiger partial charge in [-0.3, -0.25) is 4.79 Å². The number of likely N-dealkylation sites (tertiary alicyclic amines) is 1. The van der Waals surface area contributed by atoms with Crippen molar-refractivity contribution in [1.82, 2.24) is 19.2 Å². The van der Waals surface area contributed by atoms with Gasteiger partial charge in [0.2, 0.25) is 0 Å². The monoisotopic (exact) mass is 488 g/mol. The van der Waals surface area contributed by atoms with Gasteiger partial charge in [-0.1, -0.05) is 41.9 Å². The van der Waals surface area contributed by atoms with Crippen molar-refractivity contribution in [2.45, 2.75) is 18.9 Å². The van der Waals surface area contributed by atoms with Crippen molar-refractivity contribution >= 4 is 23.5 Å². The third kappa shape index (κ3) is 4.59. The molecule has 5 rings (SSSR count). The number of carbonyl (C=O) groups is 2. The zero-order valence-electron chi connectivity index (χ0n) is 19.3. The molecule has 2 aromatic heterocycles. The average Bonchev–Trinajstić information content (AvgIpc) is 3.57. The zero-order chi connectivity index (χ0) is 24.4. The number of ether oxygens (including phenoxy) is 1. The second-order valence-corrected chi connectivity index (χ2v) is 8.92. The summed E-state index contributed by atoms with van der Waals surface area (Å²) >= 11 is 6.05. The van der Waals surface area contributed by atoms with E-state index in [9.17, 15) is 9.59 Å². The molecule has 3 heterocycles. The highest BCUT2D eigenvalue weighted by atomic mass is 35.5. The minimum Gasteiger partial charge on any atom is -0.464 e. The first-order valence-corrected chi connectivity index (χ1v) is 11.9. The molecule has 1 aliphatic rings. The van der Waals surface area contributed by atoms with E-state index in [2.05, 4.69) is 0 Å². The van der Waals surface area contributed by atoms with Crippen LogP contribution in [0, 0.1) is 0 Å². The Bertz CT molecular complexity index is 1340. The summed E-state index contributed by atoms with van der Waals surface area (Å²) in [5.41, 5.74) is 3.46. The van der Waals surface area contributed by atoms with E-state index in [0.717, 1.165) is 24.1 Å². The molecule has 0 saturated carbocycles. The van der Waals surface area contributed by atoms with Crippen LogP contribution in [0.3, 0.4) is 0 Å². The van der Waals surface area contributed by atoms with Crippen molar-refractivity contribution in [1.29, 1.82) is 0 Å². The first-order chi connectivity index (χ1) is 17.0. The minimum absolute atomic E-state index is 0.0688. The molecule has 0 unspecified atom stereocenters. The molecule has 0 N–H and O–H groups in total. The Balaban J connectivity index is 1.40. The van der Waals surface area contributed by atoms with Gasteiger partial charge in [-0.15, -0.1) is 0 Å². The molecule has 178 valence electrons. The van der Waals surface area contributed by atoms with Crippen molar-refractivity contribution in [2.75, 3.05) is 20.2 Å². The topological polar surface area (TPSA) is 69.4 Å². The van der Waals surface area contributed by atoms with E-state index in [1.54, 1.807) is 10.7 Å². The fourth-order valence-electron chi connectivity index (χ4n) is 4.56. The summed E-state index contributed by atoms with van der Waals surface area (Å²) in [7, 11) is 1.38. The maximum Gasteiger partial charge on any atom is 0.354 e. The van der Waals surface area contributed by atoms with E-state index in [1.165, 1.54) is 7.11 Å². The lowest BCUT2D eigenvalue weighted by Crippen LogP contribution is -2.40.